The summed E-state index contributed by atoms with van der Waals surface area (Å²) in [5, 5.41) is -0.0797. The largest absolute Gasteiger partial charge is 0.465 e. The molecule has 2 heterocycles. The Morgan fingerprint density at radius 2 is 1.72 bits per heavy atom. The van der Waals surface area contributed by atoms with Gasteiger partial charge in [-0.1, -0.05) is 0 Å². The van der Waals surface area contributed by atoms with Crippen molar-refractivity contribution in [1.29, 1.82) is 0 Å². The topological polar surface area (TPSA) is 122 Å². The first-order valence-electron chi connectivity index (χ1n) is 8.37. The van der Waals surface area contributed by atoms with E-state index in [9.17, 15) is 19.2 Å². The van der Waals surface area contributed by atoms with Crippen molar-refractivity contribution in [3.63, 3.8) is 0 Å². The molecule has 9 heteroatoms. The summed E-state index contributed by atoms with van der Waals surface area (Å²) in [5.41, 5.74) is -0.573. The molecule has 9 nitrogen and oxygen atoms in total. The molecule has 0 unspecified atom stereocenters. The molecule has 0 aliphatic carbocycles. The summed E-state index contributed by atoms with van der Waals surface area (Å²) in [5.74, 6) is -2.03. The van der Waals surface area contributed by atoms with Gasteiger partial charge >= 0.3 is 17.9 Å². The van der Waals surface area contributed by atoms with Crippen molar-refractivity contribution in [1.82, 2.24) is 0 Å². The summed E-state index contributed by atoms with van der Waals surface area (Å²) < 4.78 is 25.9. The van der Waals surface area contributed by atoms with E-state index in [0.29, 0.717) is 0 Å². The quantitative estimate of drug-likeness (QED) is 0.480. The number of carbonyl (C=O) groups is 3. The zero-order valence-corrected chi connectivity index (χ0v) is 16.0. The maximum Gasteiger partial charge on any atom is 0.341 e. The molecule has 0 saturated heterocycles. The number of rotatable bonds is 4. The van der Waals surface area contributed by atoms with Crippen molar-refractivity contribution in [2.24, 2.45) is 0 Å². The maximum atomic E-state index is 13.3. The third-order valence-corrected chi connectivity index (χ3v) is 3.92. The fourth-order valence-corrected chi connectivity index (χ4v) is 2.87. The minimum Gasteiger partial charge on any atom is -0.465 e. The Kier molecular flexibility index (Phi) is 5.22. The van der Waals surface area contributed by atoms with Crippen LogP contribution in [0.3, 0.4) is 0 Å². The number of aryl methyl sites for hydroxylation is 1. The molecule has 3 rings (SSSR count). The number of hydrogen-bond acceptors (Lipinski definition) is 9. The molecule has 0 aliphatic heterocycles. The molecule has 29 heavy (non-hydrogen) atoms. The molecule has 0 fully saturated rings. The van der Waals surface area contributed by atoms with Crippen molar-refractivity contribution in [2.75, 3.05) is 7.11 Å². The summed E-state index contributed by atoms with van der Waals surface area (Å²) >= 11 is 0. The fraction of sp³-hybridized carbons (Fsp3) is 0.200. The molecule has 150 valence electrons. The van der Waals surface area contributed by atoms with Crippen LogP contribution >= 0.6 is 0 Å². The van der Waals surface area contributed by atoms with Gasteiger partial charge in [0.2, 0.25) is 5.43 Å². The minimum atomic E-state index is -0.696. The summed E-state index contributed by atoms with van der Waals surface area (Å²) in [6.07, 6.45) is 1.24. The summed E-state index contributed by atoms with van der Waals surface area (Å²) in [6.45, 7) is 3.86. The normalized spacial score (nSPS) is 10.6. The number of methoxy groups -OCH3 is 1. The van der Waals surface area contributed by atoms with E-state index in [2.05, 4.69) is 0 Å². The third kappa shape index (κ3) is 3.75. The van der Waals surface area contributed by atoms with Crippen LogP contribution in [-0.2, 0) is 14.3 Å². The number of fused-ring (bicyclic) bond motifs is 1. The third-order valence-electron chi connectivity index (χ3n) is 3.92. The molecule has 0 bridgehead atoms. The van der Waals surface area contributed by atoms with Crippen LogP contribution in [0, 0.1) is 6.92 Å². The van der Waals surface area contributed by atoms with Gasteiger partial charge in [0.15, 0.2) is 5.76 Å². The zero-order valence-electron chi connectivity index (χ0n) is 16.0. The van der Waals surface area contributed by atoms with Gasteiger partial charge < -0.3 is 23.0 Å². The first kappa shape index (κ1) is 19.9. The van der Waals surface area contributed by atoms with Crippen molar-refractivity contribution in [3.05, 3.63) is 46.0 Å². The Morgan fingerprint density at radius 3 is 2.34 bits per heavy atom. The molecule has 1 aromatic carbocycles. The summed E-state index contributed by atoms with van der Waals surface area (Å²) in [6, 6.07) is 3.91. The first-order chi connectivity index (χ1) is 13.7. The Morgan fingerprint density at radius 1 is 1.03 bits per heavy atom. The second kappa shape index (κ2) is 7.63. The van der Waals surface area contributed by atoms with Gasteiger partial charge in [-0.25, -0.2) is 4.79 Å². The number of furan rings is 1. The van der Waals surface area contributed by atoms with Gasteiger partial charge in [0, 0.05) is 26.0 Å². The molecule has 0 radical (unpaired) electrons. The minimum absolute atomic E-state index is 0.0254. The molecule has 0 N–H and O–H groups in total. The monoisotopic (exact) mass is 400 g/mol. The van der Waals surface area contributed by atoms with Crippen LogP contribution in [-0.4, -0.2) is 25.0 Å². The standard InChI is InChI=1S/C20H16O9/c1-9-16(19-13(5-6-26-19)20(24)25-4)18(23)17-14(27-9)7-12(28-10(2)21)8-15(17)29-11(3)22/h5-8H,1-4H3. The van der Waals surface area contributed by atoms with Crippen molar-refractivity contribution >= 4 is 28.9 Å². The van der Waals surface area contributed by atoms with E-state index >= 15 is 0 Å². The second-order valence-electron chi connectivity index (χ2n) is 6.00. The molecule has 0 spiro atoms. The number of ether oxygens (including phenoxy) is 3. The van der Waals surface area contributed by atoms with Crippen molar-refractivity contribution < 1.29 is 37.4 Å². The van der Waals surface area contributed by atoms with Crippen LogP contribution in [0.1, 0.15) is 30.0 Å². The van der Waals surface area contributed by atoms with Crippen molar-refractivity contribution in [2.45, 2.75) is 20.8 Å². The fourth-order valence-electron chi connectivity index (χ4n) is 2.87. The molecular formula is C20H16O9. The van der Waals surface area contributed by atoms with Gasteiger partial charge in [-0.15, -0.1) is 0 Å². The second-order valence-corrected chi connectivity index (χ2v) is 6.00. The summed E-state index contributed by atoms with van der Waals surface area (Å²) in [7, 11) is 1.20. The Labute approximate surface area is 163 Å². The molecule has 0 aliphatic rings. The van der Waals surface area contributed by atoms with Gasteiger partial charge in [-0.3, -0.25) is 14.4 Å². The number of esters is 3. The zero-order chi connectivity index (χ0) is 21.3. The number of carbonyl (C=O) groups excluding carboxylic acids is 3. The summed E-state index contributed by atoms with van der Waals surface area (Å²) in [4.78, 5) is 48.1. The molecule has 0 atom stereocenters. The smallest absolute Gasteiger partial charge is 0.341 e. The predicted molar refractivity (Wildman–Crippen MR) is 98.9 cm³/mol. The number of benzene rings is 1. The maximum absolute atomic E-state index is 13.3. The van der Waals surface area contributed by atoms with E-state index in [1.807, 2.05) is 0 Å². The average molecular weight is 400 g/mol. The van der Waals surface area contributed by atoms with Crippen LogP contribution in [0.4, 0.5) is 0 Å². The lowest BCUT2D eigenvalue weighted by Gasteiger charge is -2.11. The lowest BCUT2D eigenvalue weighted by molar-refractivity contribution is -0.132. The first-order valence-corrected chi connectivity index (χ1v) is 8.37. The number of hydrogen-bond donors (Lipinski definition) is 0. The van der Waals surface area contributed by atoms with Crippen LogP contribution in [0.25, 0.3) is 22.3 Å². The van der Waals surface area contributed by atoms with Gasteiger partial charge in [-0.05, 0) is 13.0 Å². The molecule has 3 aromatic rings. The molecule has 0 amide bonds. The van der Waals surface area contributed by atoms with Crippen LogP contribution in [0.5, 0.6) is 11.5 Å². The van der Waals surface area contributed by atoms with Gasteiger partial charge in [0.25, 0.3) is 0 Å². The Balaban J connectivity index is 2.34. The highest BCUT2D eigenvalue weighted by Crippen LogP contribution is 2.34. The highest BCUT2D eigenvalue weighted by molar-refractivity contribution is 5.98. The van der Waals surface area contributed by atoms with Crippen molar-refractivity contribution in [3.8, 4) is 22.8 Å². The van der Waals surface area contributed by atoms with Crippen LogP contribution < -0.4 is 14.9 Å². The van der Waals surface area contributed by atoms with E-state index in [4.69, 9.17) is 23.0 Å². The lowest BCUT2D eigenvalue weighted by atomic mass is 10.0. The van der Waals surface area contributed by atoms with Gasteiger partial charge in [0.05, 0.1) is 13.4 Å². The Bertz CT molecular complexity index is 1200. The average Bonchev–Trinajstić information content (AvgIpc) is 3.08. The highest BCUT2D eigenvalue weighted by atomic mass is 16.5. The van der Waals surface area contributed by atoms with Crippen LogP contribution in [0.2, 0.25) is 0 Å². The van der Waals surface area contributed by atoms with Gasteiger partial charge in [-0.2, -0.15) is 0 Å². The van der Waals surface area contributed by atoms with E-state index in [1.54, 1.807) is 0 Å². The Hall–Kier alpha value is -3.88. The van der Waals surface area contributed by atoms with E-state index < -0.39 is 23.3 Å². The highest BCUT2D eigenvalue weighted by Gasteiger charge is 2.25. The van der Waals surface area contributed by atoms with Gasteiger partial charge in [0.1, 0.15) is 39.4 Å². The van der Waals surface area contributed by atoms with E-state index in [0.717, 1.165) is 6.92 Å². The predicted octanol–water partition coefficient (Wildman–Crippen LogP) is 3.00. The molecule has 2 aromatic heterocycles. The SMILES string of the molecule is COC(=O)c1ccoc1-c1c(C)oc2cc(OC(C)=O)cc(OC(C)=O)c2c1=O. The van der Waals surface area contributed by atoms with E-state index in [-0.39, 0.29) is 45.1 Å². The van der Waals surface area contributed by atoms with Crippen LogP contribution in [0.15, 0.2) is 38.1 Å². The molecule has 0 saturated carbocycles. The lowest BCUT2D eigenvalue weighted by Crippen LogP contribution is -2.13. The van der Waals surface area contributed by atoms with E-state index in [1.165, 1.54) is 45.4 Å². The molecular weight excluding hydrogens is 384 g/mol.